The summed E-state index contributed by atoms with van der Waals surface area (Å²) >= 11 is 1.62. The van der Waals surface area contributed by atoms with Crippen LogP contribution in [0, 0.1) is 0 Å². The fourth-order valence-corrected chi connectivity index (χ4v) is 4.34. The number of carbonyl (C=O) groups is 2. The minimum absolute atomic E-state index is 0.0167. The van der Waals surface area contributed by atoms with Crippen LogP contribution in [0.25, 0.3) is 0 Å². The highest BCUT2D eigenvalue weighted by Crippen LogP contribution is 2.38. The van der Waals surface area contributed by atoms with E-state index in [9.17, 15) is 14.7 Å². The van der Waals surface area contributed by atoms with Crippen LogP contribution < -0.4 is 5.32 Å². The highest BCUT2D eigenvalue weighted by molar-refractivity contribution is 8.00. The first-order valence-corrected chi connectivity index (χ1v) is 9.78. The van der Waals surface area contributed by atoms with E-state index in [0.717, 1.165) is 12.8 Å². The van der Waals surface area contributed by atoms with E-state index in [4.69, 9.17) is 0 Å². The Morgan fingerprint density at radius 3 is 2.57 bits per heavy atom. The van der Waals surface area contributed by atoms with E-state index < -0.39 is 5.91 Å². The predicted molar refractivity (Wildman–Crippen MR) is 93.2 cm³/mol. The van der Waals surface area contributed by atoms with Crippen molar-refractivity contribution in [2.45, 2.75) is 70.2 Å². The van der Waals surface area contributed by atoms with Gasteiger partial charge in [0.05, 0.1) is 5.37 Å². The van der Waals surface area contributed by atoms with Crippen molar-refractivity contribution in [1.29, 1.82) is 0 Å². The molecule has 5 nitrogen and oxygen atoms in total. The standard InChI is InChI=1S/C17H28N2O3S/c1-3-4-5-6-7-8-9-10-18-16(21)14-15(20)13-11-23-12(2)19(13)17(14)22/h12-13,20H,3-11H2,1-2H3,(H,18,21)/t12-,13-/m1/s1. The van der Waals surface area contributed by atoms with Crippen LogP contribution in [0.1, 0.15) is 58.8 Å². The first-order chi connectivity index (χ1) is 11.1. The van der Waals surface area contributed by atoms with Crippen LogP contribution in [-0.2, 0) is 9.59 Å². The van der Waals surface area contributed by atoms with Gasteiger partial charge in [0.15, 0.2) is 0 Å². The molecule has 1 saturated heterocycles. The number of hydrogen-bond acceptors (Lipinski definition) is 4. The van der Waals surface area contributed by atoms with Gasteiger partial charge in [-0.25, -0.2) is 0 Å². The molecule has 2 aliphatic heterocycles. The smallest absolute Gasteiger partial charge is 0.264 e. The summed E-state index contributed by atoms with van der Waals surface area (Å²) in [5.74, 6) is -0.149. The molecule has 0 aliphatic carbocycles. The Bertz CT molecular complexity index is 478. The molecule has 2 amide bonds. The number of rotatable bonds is 9. The minimum atomic E-state index is -0.426. The van der Waals surface area contributed by atoms with E-state index in [1.54, 1.807) is 16.7 Å². The number of amides is 2. The maximum absolute atomic E-state index is 12.3. The van der Waals surface area contributed by atoms with E-state index in [-0.39, 0.29) is 28.7 Å². The summed E-state index contributed by atoms with van der Waals surface area (Å²) in [6.45, 7) is 4.69. The van der Waals surface area contributed by atoms with Gasteiger partial charge in [0.1, 0.15) is 17.4 Å². The van der Waals surface area contributed by atoms with E-state index in [0.29, 0.717) is 12.3 Å². The van der Waals surface area contributed by atoms with Gasteiger partial charge in [-0.3, -0.25) is 9.59 Å². The maximum Gasteiger partial charge on any atom is 0.264 e. The Morgan fingerprint density at radius 2 is 1.91 bits per heavy atom. The van der Waals surface area contributed by atoms with E-state index in [1.807, 2.05) is 6.92 Å². The van der Waals surface area contributed by atoms with Gasteiger partial charge in [-0.1, -0.05) is 45.4 Å². The van der Waals surface area contributed by atoms with Crippen molar-refractivity contribution >= 4 is 23.6 Å². The van der Waals surface area contributed by atoms with E-state index in [2.05, 4.69) is 12.2 Å². The third-order valence-corrected chi connectivity index (χ3v) is 5.75. The largest absolute Gasteiger partial charge is 0.509 e. The Morgan fingerprint density at radius 1 is 1.26 bits per heavy atom. The molecular formula is C17H28N2O3S. The minimum Gasteiger partial charge on any atom is -0.509 e. The average molecular weight is 340 g/mol. The zero-order chi connectivity index (χ0) is 16.8. The van der Waals surface area contributed by atoms with E-state index in [1.165, 1.54) is 32.1 Å². The third kappa shape index (κ3) is 4.22. The molecule has 0 aromatic carbocycles. The molecule has 2 N–H and O–H groups in total. The Kier molecular flexibility index (Phi) is 6.81. The number of carbonyl (C=O) groups excluding carboxylic acids is 2. The quantitative estimate of drug-likeness (QED) is 0.500. The number of nitrogens with one attached hydrogen (secondary N) is 1. The van der Waals surface area contributed by atoms with Crippen molar-refractivity contribution < 1.29 is 14.7 Å². The zero-order valence-electron chi connectivity index (χ0n) is 14.1. The molecule has 2 atom stereocenters. The molecule has 2 aliphatic rings. The number of thioether (sulfide) groups is 1. The first kappa shape index (κ1) is 18.2. The van der Waals surface area contributed by atoms with Crippen LogP contribution in [0.4, 0.5) is 0 Å². The lowest BCUT2D eigenvalue weighted by atomic mass is 10.1. The van der Waals surface area contributed by atoms with Crippen molar-refractivity contribution in [3.63, 3.8) is 0 Å². The van der Waals surface area contributed by atoms with Crippen molar-refractivity contribution in [3.8, 4) is 0 Å². The van der Waals surface area contributed by atoms with Gasteiger partial charge in [-0.05, 0) is 13.3 Å². The summed E-state index contributed by atoms with van der Waals surface area (Å²) in [5.41, 5.74) is -0.0508. The Labute approximate surface area is 142 Å². The molecule has 23 heavy (non-hydrogen) atoms. The molecule has 0 bridgehead atoms. The number of fused-ring (bicyclic) bond motifs is 1. The molecular weight excluding hydrogens is 312 g/mol. The SMILES string of the molecule is CCCCCCCCCNC(=O)C1=C(O)[C@H]2CS[C@H](C)N2C1=O. The molecule has 0 saturated carbocycles. The summed E-state index contributed by atoms with van der Waals surface area (Å²) in [7, 11) is 0. The second-order valence-corrected chi connectivity index (χ2v) is 7.65. The topological polar surface area (TPSA) is 69.6 Å². The molecule has 2 rings (SSSR count). The van der Waals surface area contributed by atoms with Gasteiger partial charge in [-0.2, -0.15) is 0 Å². The molecule has 0 spiro atoms. The molecule has 1 fully saturated rings. The van der Waals surface area contributed by atoms with Crippen LogP contribution in [0.3, 0.4) is 0 Å². The third-order valence-electron chi connectivity index (χ3n) is 4.54. The highest BCUT2D eigenvalue weighted by atomic mass is 32.2. The van der Waals surface area contributed by atoms with Gasteiger partial charge in [-0.15, -0.1) is 11.8 Å². The normalized spacial score (nSPS) is 23.6. The Balaban J connectivity index is 1.72. The zero-order valence-corrected chi connectivity index (χ0v) is 15.0. The molecule has 0 aromatic rings. The van der Waals surface area contributed by atoms with Crippen LogP contribution in [0.5, 0.6) is 0 Å². The summed E-state index contributed by atoms with van der Waals surface area (Å²) in [6, 6.07) is -0.318. The first-order valence-electron chi connectivity index (χ1n) is 8.73. The lowest BCUT2D eigenvalue weighted by Gasteiger charge is -2.19. The number of aliphatic hydroxyl groups is 1. The van der Waals surface area contributed by atoms with Crippen molar-refractivity contribution in [1.82, 2.24) is 10.2 Å². The molecule has 0 aromatic heterocycles. The van der Waals surface area contributed by atoms with Gasteiger partial charge >= 0.3 is 0 Å². The van der Waals surface area contributed by atoms with Crippen LogP contribution in [0.2, 0.25) is 0 Å². The fraction of sp³-hybridized carbons (Fsp3) is 0.765. The number of aliphatic hydroxyl groups excluding tert-OH is 1. The lowest BCUT2D eigenvalue weighted by Crippen LogP contribution is -2.37. The van der Waals surface area contributed by atoms with Crippen LogP contribution >= 0.6 is 11.8 Å². The van der Waals surface area contributed by atoms with Crippen LogP contribution in [0.15, 0.2) is 11.3 Å². The number of nitrogens with zero attached hydrogens (tertiary/aromatic N) is 1. The van der Waals surface area contributed by atoms with Gasteiger partial charge in [0, 0.05) is 12.3 Å². The average Bonchev–Trinajstić information content (AvgIpc) is 3.02. The van der Waals surface area contributed by atoms with E-state index >= 15 is 0 Å². The molecule has 6 heteroatoms. The van der Waals surface area contributed by atoms with Gasteiger partial charge in [0.25, 0.3) is 11.8 Å². The monoisotopic (exact) mass is 340 g/mol. The number of unbranched alkanes of at least 4 members (excludes halogenated alkanes) is 6. The molecule has 130 valence electrons. The summed E-state index contributed by atoms with van der Waals surface area (Å²) in [4.78, 5) is 26.1. The molecule has 0 unspecified atom stereocenters. The second-order valence-electron chi connectivity index (χ2n) is 6.30. The predicted octanol–water partition coefficient (Wildman–Crippen LogP) is 2.97. The van der Waals surface area contributed by atoms with Crippen molar-refractivity contribution in [3.05, 3.63) is 11.3 Å². The fourth-order valence-electron chi connectivity index (χ4n) is 3.15. The van der Waals surface area contributed by atoms with Crippen LogP contribution in [-0.4, -0.2) is 45.5 Å². The maximum atomic E-state index is 12.3. The summed E-state index contributed by atoms with van der Waals surface area (Å²) < 4.78 is 0. The highest BCUT2D eigenvalue weighted by Gasteiger charge is 2.48. The molecule has 0 radical (unpaired) electrons. The lowest BCUT2D eigenvalue weighted by molar-refractivity contribution is -0.129. The van der Waals surface area contributed by atoms with Gasteiger partial charge in [0.2, 0.25) is 0 Å². The van der Waals surface area contributed by atoms with Crippen molar-refractivity contribution in [2.24, 2.45) is 0 Å². The number of hydrogen-bond donors (Lipinski definition) is 2. The van der Waals surface area contributed by atoms with Gasteiger partial charge < -0.3 is 15.3 Å². The van der Waals surface area contributed by atoms with Crippen molar-refractivity contribution in [2.75, 3.05) is 12.3 Å². The summed E-state index contributed by atoms with van der Waals surface area (Å²) in [6.07, 6.45) is 8.26. The Hall–Kier alpha value is -1.17. The molecule has 2 heterocycles. The second kappa shape index (κ2) is 8.62. The summed E-state index contributed by atoms with van der Waals surface area (Å²) in [5, 5.41) is 13.0.